The van der Waals surface area contributed by atoms with E-state index in [1.54, 1.807) is 0 Å². The molecule has 0 atom stereocenters. The number of benzene rings is 8. The molecule has 9 aromatic rings. The zero-order valence-electron chi connectivity index (χ0n) is 49.5. The van der Waals surface area contributed by atoms with Gasteiger partial charge in [-0.15, -0.1) is 0 Å². The van der Waals surface area contributed by atoms with E-state index in [1.807, 2.05) is 0 Å². The summed E-state index contributed by atoms with van der Waals surface area (Å²) in [6, 6.07) is -18.4. The molecule has 8 aromatic carbocycles. The molecule has 0 radical (unpaired) electrons. The third-order valence-corrected chi connectivity index (χ3v) is 8.14. The molecule has 0 amide bonds. The molecule has 0 aliphatic heterocycles. The van der Waals surface area contributed by atoms with E-state index in [0.717, 1.165) is 6.07 Å². The molecule has 0 unspecified atom stereocenters. The summed E-state index contributed by atoms with van der Waals surface area (Å²) in [6.07, 6.45) is 0. The molecule has 0 saturated heterocycles. The molecule has 0 aliphatic rings. The van der Waals surface area contributed by atoms with Gasteiger partial charge in [0.2, 0.25) is 0 Å². The average molecular weight is 626 g/mol. The molecule has 0 bridgehead atoms. The van der Waals surface area contributed by atoms with Crippen LogP contribution in [0.2, 0.25) is 0 Å². The molecule has 1 heterocycles. The topological polar surface area (TPSA) is 13.1 Å². The maximum absolute atomic E-state index is 9.59. The third-order valence-electron chi connectivity index (χ3n) is 8.14. The van der Waals surface area contributed by atoms with Crippen molar-refractivity contribution in [1.29, 1.82) is 0 Å². The van der Waals surface area contributed by atoms with Gasteiger partial charge >= 0.3 is 0 Å². The number of para-hydroxylation sites is 1. The van der Waals surface area contributed by atoms with Gasteiger partial charge in [-0.25, -0.2) is 0 Å². The molecule has 1 heteroatoms. The van der Waals surface area contributed by atoms with E-state index in [2.05, 4.69) is 0 Å². The second-order valence-corrected chi connectivity index (χ2v) is 10.6. The van der Waals surface area contributed by atoms with Crippen LogP contribution >= 0.6 is 0 Å². The van der Waals surface area contributed by atoms with Gasteiger partial charge in [-0.05, 0) is 92.0 Å². The Morgan fingerprint density at radius 2 is 0.936 bits per heavy atom. The van der Waals surface area contributed by atoms with Gasteiger partial charge in [-0.2, -0.15) is 0 Å². The van der Waals surface area contributed by atoms with Crippen molar-refractivity contribution in [2.24, 2.45) is 0 Å². The van der Waals surface area contributed by atoms with Crippen LogP contribution in [0.25, 0.3) is 88.0 Å². The van der Waals surface area contributed by atoms with Crippen LogP contribution in [0.15, 0.2) is 162 Å². The van der Waals surface area contributed by atoms with E-state index < -0.39 is 217 Å². The first-order valence-corrected chi connectivity index (χ1v) is 14.2. The van der Waals surface area contributed by atoms with Gasteiger partial charge in [-0.3, -0.25) is 0 Å². The fourth-order valence-corrected chi connectivity index (χ4v) is 5.85. The van der Waals surface area contributed by atoms with Crippen molar-refractivity contribution < 1.29 is 38.7 Å². The van der Waals surface area contributed by atoms with Crippen molar-refractivity contribution in [2.45, 2.75) is 13.8 Å². The zero-order valence-corrected chi connectivity index (χ0v) is 24.5. The van der Waals surface area contributed by atoms with Gasteiger partial charge in [0.25, 0.3) is 0 Å². The fraction of sp³-hybridized carbons (Fsp3) is 0.0435. The Balaban J connectivity index is 1.54. The predicted octanol–water partition coefficient (Wildman–Crippen LogP) is 13.2. The number of fused-ring (bicyclic) bond motifs is 5. The van der Waals surface area contributed by atoms with Crippen molar-refractivity contribution in [1.82, 2.24) is 0 Å². The van der Waals surface area contributed by atoms with Crippen LogP contribution in [-0.2, 0) is 0 Å². The minimum Gasteiger partial charge on any atom is -0.455 e. The molecule has 0 N–H and O–H groups in total. The Labute approximate surface area is 309 Å². The number of hydrogen-bond acceptors (Lipinski definition) is 1. The lowest BCUT2D eigenvalue weighted by Gasteiger charge is -2.20. The van der Waals surface area contributed by atoms with Crippen LogP contribution < -0.4 is 0 Å². The molecule has 0 saturated carbocycles. The summed E-state index contributed by atoms with van der Waals surface area (Å²) >= 11 is 0. The highest BCUT2D eigenvalue weighted by Gasteiger charge is 2.21. The molecule has 1 aromatic heterocycles. The minimum atomic E-state index is -0.880. The van der Waals surface area contributed by atoms with Gasteiger partial charge in [0, 0.05) is 21.9 Å². The van der Waals surface area contributed by atoms with Crippen molar-refractivity contribution in [3.63, 3.8) is 0 Å². The predicted molar refractivity (Wildman–Crippen MR) is 200 cm³/mol. The normalized spacial score (nSPS) is 19.1. The zero-order chi connectivity index (χ0) is 53.2. The highest BCUT2D eigenvalue weighted by molar-refractivity contribution is 6.24. The first-order valence-electron chi connectivity index (χ1n) is 26.7. The third kappa shape index (κ3) is 4.31. The number of rotatable bonds is 4. The van der Waals surface area contributed by atoms with Crippen LogP contribution in [-0.4, -0.2) is 0 Å². The second-order valence-electron chi connectivity index (χ2n) is 10.6. The van der Waals surface area contributed by atoms with Crippen molar-refractivity contribution in [2.75, 3.05) is 0 Å². The molecular formula is C46H32O. The highest BCUT2D eigenvalue weighted by atomic mass is 16.3. The lowest BCUT2D eigenvalue weighted by molar-refractivity contribution is 0.670. The summed E-state index contributed by atoms with van der Waals surface area (Å²) in [5.74, 6) is 0. The van der Waals surface area contributed by atoms with E-state index in [1.165, 1.54) is 13.8 Å². The van der Waals surface area contributed by atoms with Crippen LogP contribution in [0.4, 0.5) is 0 Å². The van der Waals surface area contributed by atoms with Gasteiger partial charge < -0.3 is 4.42 Å². The standard InChI is InChI=1S/C46H32O/c1-29-30(2)35(27-26-34(29)32-16-7-4-8-17-32)44-37-18-9-11-20-39(37)45(40-21-12-10-19-38(40)44)42-23-13-22-41-36-25-24-33(28-43(36)47-46(41)42)31-14-5-3-6-15-31/h3-28H,1-2H3/i3D,4D,5D,6D,7D,8D,9D,10D,11D,12D,13D,14D,15D,16D,17D,18D,19D,20D,21D,23D,24D,25D,26D,27D,28D. The summed E-state index contributed by atoms with van der Waals surface area (Å²) in [4.78, 5) is 0. The lowest BCUT2D eigenvalue weighted by atomic mass is 9.83. The van der Waals surface area contributed by atoms with Crippen LogP contribution in [0.1, 0.15) is 45.4 Å². The molecule has 0 aliphatic carbocycles. The Kier molecular flexibility index (Phi) is 2.78. The second kappa shape index (κ2) is 10.9. The molecular weight excluding hydrogens is 569 g/mol. The summed E-state index contributed by atoms with van der Waals surface area (Å²) in [7, 11) is 0. The quantitative estimate of drug-likeness (QED) is 0.177. The van der Waals surface area contributed by atoms with Gasteiger partial charge in [0.1, 0.15) is 11.2 Å². The SMILES string of the molecule is [2H]c1cc2c(oc3c([2H])c(-c4c([2H])c([2H])c([2H])c([2H])c4[2H])c([2H])c([2H])c32)c(-c2c3c([2H])c([2H])c([2H])c([2H])c3c(-c3c([2H])c([2H])c(-c4c([2H])c([2H])c([2H])c([2H])c4[2H])c(C)c3C)c3c([2H])c([2H])c([2H])c([2H])c23)c1[2H]. The van der Waals surface area contributed by atoms with Gasteiger partial charge in [0.15, 0.2) is 0 Å². The van der Waals surface area contributed by atoms with Crippen molar-refractivity contribution in [3.8, 4) is 44.5 Å². The van der Waals surface area contributed by atoms with Gasteiger partial charge in [-0.1, -0.05) is 145 Å². The largest absolute Gasteiger partial charge is 0.455 e. The molecule has 47 heavy (non-hydrogen) atoms. The Morgan fingerprint density at radius 3 is 1.57 bits per heavy atom. The van der Waals surface area contributed by atoms with Crippen LogP contribution in [0.5, 0.6) is 0 Å². The van der Waals surface area contributed by atoms with E-state index in [4.69, 9.17) is 26.3 Å². The summed E-state index contributed by atoms with van der Waals surface area (Å²) < 4.78 is 229. The Bertz CT molecular complexity index is 3890. The van der Waals surface area contributed by atoms with Crippen LogP contribution in [0.3, 0.4) is 0 Å². The van der Waals surface area contributed by atoms with E-state index >= 15 is 0 Å². The fourth-order valence-electron chi connectivity index (χ4n) is 5.85. The van der Waals surface area contributed by atoms with E-state index in [-0.39, 0.29) is 33.0 Å². The highest BCUT2D eigenvalue weighted by Crippen LogP contribution is 2.47. The van der Waals surface area contributed by atoms with E-state index in [0.29, 0.717) is 0 Å². The number of furan rings is 1. The molecule has 1 nitrogen and oxygen atoms in total. The first kappa shape index (κ1) is 12.0. The number of hydrogen-bond donors (Lipinski definition) is 0. The summed E-state index contributed by atoms with van der Waals surface area (Å²) in [5, 5.41) is -2.63. The smallest absolute Gasteiger partial charge is 0.143 e. The molecule has 9 rings (SSSR count). The molecule has 0 fully saturated rings. The lowest BCUT2D eigenvalue weighted by Crippen LogP contribution is -1.95. The monoisotopic (exact) mass is 625 g/mol. The maximum atomic E-state index is 9.59. The van der Waals surface area contributed by atoms with Crippen molar-refractivity contribution in [3.05, 3.63) is 168 Å². The Hall–Kier alpha value is -5.92. The van der Waals surface area contributed by atoms with Crippen LogP contribution in [0, 0.1) is 13.8 Å². The first-order chi connectivity index (χ1) is 33.6. The molecule has 222 valence electrons. The summed E-state index contributed by atoms with van der Waals surface area (Å²) in [6.45, 7) is 2.84. The van der Waals surface area contributed by atoms with Crippen molar-refractivity contribution >= 4 is 43.5 Å². The van der Waals surface area contributed by atoms with E-state index in [9.17, 15) is 12.3 Å². The average Bonchev–Trinajstić information content (AvgIpc) is 3.73. The maximum Gasteiger partial charge on any atom is 0.143 e. The molecule has 0 spiro atoms. The Morgan fingerprint density at radius 1 is 0.404 bits per heavy atom. The van der Waals surface area contributed by atoms with Gasteiger partial charge in [0.05, 0.1) is 34.3 Å². The summed E-state index contributed by atoms with van der Waals surface area (Å²) in [5.41, 5.74) is -4.59. The minimum absolute atomic E-state index is 0.0362.